The molecule has 134 valence electrons. The second-order valence-corrected chi connectivity index (χ2v) is 6.92. The number of likely N-dealkylation sites (tertiary alicyclic amines) is 1. The van der Waals surface area contributed by atoms with Gasteiger partial charge in [0.15, 0.2) is 17.3 Å². The summed E-state index contributed by atoms with van der Waals surface area (Å²) in [4.78, 5) is 17.8. The van der Waals surface area contributed by atoms with Crippen LogP contribution in [0.3, 0.4) is 0 Å². The third-order valence-corrected chi connectivity index (χ3v) is 5.13. The van der Waals surface area contributed by atoms with E-state index >= 15 is 0 Å². The Bertz CT molecular complexity index is 1040. The van der Waals surface area contributed by atoms with Crippen molar-refractivity contribution in [1.82, 2.24) is 15.0 Å². The first kappa shape index (κ1) is 15.5. The lowest BCUT2D eigenvalue weighted by molar-refractivity contribution is 0.174. The smallest absolute Gasteiger partial charge is 0.252 e. The second-order valence-electron chi connectivity index (χ2n) is 6.92. The number of hydrogen-bond acceptors (Lipinski definition) is 6. The molecular weight excluding hydrogens is 334 g/mol. The number of pyridine rings is 1. The predicted molar refractivity (Wildman–Crippen MR) is 94.3 cm³/mol. The zero-order chi connectivity index (χ0) is 17.7. The van der Waals surface area contributed by atoms with E-state index in [9.17, 15) is 4.79 Å². The van der Waals surface area contributed by atoms with Crippen molar-refractivity contribution in [2.75, 3.05) is 13.3 Å². The summed E-state index contributed by atoms with van der Waals surface area (Å²) in [6, 6.07) is 7.82. The fraction of sp³-hybridized carbons (Fsp3) is 0.368. The summed E-state index contributed by atoms with van der Waals surface area (Å²) in [6.07, 6.45) is 2.09. The lowest BCUT2D eigenvalue weighted by atomic mass is 10.1. The first-order chi connectivity index (χ1) is 12.7. The van der Waals surface area contributed by atoms with Crippen molar-refractivity contribution in [2.45, 2.75) is 32.4 Å². The molecule has 0 bridgehead atoms. The highest BCUT2D eigenvalue weighted by Gasteiger charge is 2.29. The highest BCUT2D eigenvalue weighted by atomic mass is 16.7. The van der Waals surface area contributed by atoms with Gasteiger partial charge < -0.3 is 19.0 Å². The fourth-order valence-corrected chi connectivity index (χ4v) is 3.86. The first-order valence-corrected chi connectivity index (χ1v) is 8.80. The molecule has 1 atom stereocenters. The van der Waals surface area contributed by atoms with E-state index in [4.69, 9.17) is 14.0 Å². The van der Waals surface area contributed by atoms with Crippen LogP contribution in [0.5, 0.6) is 11.5 Å². The Morgan fingerprint density at radius 1 is 1.23 bits per heavy atom. The molecule has 3 aromatic rings. The summed E-state index contributed by atoms with van der Waals surface area (Å²) in [5, 5.41) is 4.94. The number of aromatic nitrogens is 2. The van der Waals surface area contributed by atoms with E-state index in [1.807, 2.05) is 31.2 Å². The van der Waals surface area contributed by atoms with Gasteiger partial charge in [-0.25, -0.2) is 0 Å². The van der Waals surface area contributed by atoms with E-state index in [0.717, 1.165) is 47.3 Å². The number of hydrogen-bond donors (Lipinski definition) is 1. The van der Waals surface area contributed by atoms with Crippen molar-refractivity contribution in [2.24, 2.45) is 0 Å². The summed E-state index contributed by atoms with van der Waals surface area (Å²) < 4.78 is 16.3. The molecule has 5 rings (SSSR count). The molecule has 4 heterocycles. The van der Waals surface area contributed by atoms with Gasteiger partial charge >= 0.3 is 0 Å². The van der Waals surface area contributed by atoms with Gasteiger partial charge in [-0.3, -0.25) is 9.69 Å². The number of rotatable bonds is 3. The Kier molecular flexibility index (Phi) is 3.49. The van der Waals surface area contributed by atoms with Crippen LogP contribution in [0.1, 0.15) is 35.9 Å². The summed E-state index contributed by atoms with van der Waals surface area (Å²) >= 11 is 0. The first-order valence-electron chi connectivity index (χ1n) is 8.80. The van der Waals surface area contributed by atoms with Crippen LogP contribution >= 0.6 is 0 Å². The fourth-order valence-electron chi connectivity index (χ4n) is 3.86. The van der Waals surface area contributed by atoms with Gasteiger partial charge in [-0.15, -0.1) is 0 Å². The Morgan fingerprint density at radius 2 is 2.08 bits per heavy atom. The van der Waals surface area contributed by atoms with Crippen molar-refractivity contribution in [3.8, 4) is 11.5 Å². The van der Waals surface area contributed by atoms with Gasteiger partial charge in [0.1, 0.15) is 0 Å². The number of nitrogens with zero attached hydrogens (tertiary/aromatic N) is 2. The molecule has 0 radical (unpaired) electrons. The Labute approximate surface area is 149 Å². The highest BCUT2D eigenvalue weighted by Crippen LogP contribution is 2.36. The molecule has 7 nitrogen and oxygen atoms in total. The maximum Gasteiger partial charge on any atom is 0.252 e. The molecule has 0 aliphatic carbocycles. The molecule has 2 aliphatic rings. The number of aromatic amines is 1. The number of fused-ring (bicyclic) bond motifs is 2. The second kappa shape index (κ2) is 5.88. The van der Waals surface area contributed by atoms with Crippen LogP contribution in [0.15, 0.2) is 33.6 Å². The lowest BCUT2D eigenvalue weighted by Gasteiger charge is -2.22. The van der Waals surface area contributed by atoms with Gasteiger partial charge in [0.05, 0.1) is 17.3 Å². The van der Waals surface area contributed by atoms with Crippen molar-refractivity contribution < 1.29 is 14.0 Å². The average molecular weight is 353 g/mol. The molecule has 0 spiro atoms. The van der Waals surface area contributed by atoms with Gasteiger partial charge in [0, 0.05) is 29.6 Å². The molecule has 26 heavy (non-hydrogen) atoms. The molecule has 0 amide bonds. The molecule has 1 saturated heterocycles. The van der Waals surface area contributed by atoms with E-state index < -0.39 is 0 Å². The molecule has 0 saturated carbocycles. The summed E-state index contributed by atoms with van der Waals surface area (Å²) in [5.41, 5.74) is 2.30. The van der Waals surface area contributed by atoms with Gasteiger partial charge in [0.2, 0.25) is 6.79 Å². The number of benzene rings is 1. The van der Waals surface area contributed by atoms with Gasteiger partial charge in [-0.1, -0.05) is 5.16 Å². The molecule has 1 N–H and O–H groups in total. The molecule has 2 aromatic heterocycles. The van der Waals surface area contributed by atoms with Crippen LogP contribution in [0, 0.1) is 6.92 Å². The standard InChI is InChI=1S/C19H19N3O4/c1-11-5-16(26-21-11)15-3-2-4-22(15)9-13-6-12-7-17-18(25-10-24-17)8-14(12)20-19(13)23/h5-8,15H,2-4,9-10H2,1H3,(H,20,23)/t15-/m0/s1. The van der Waals surface area contributed by atoms with E-state index in [-0.39, 0.29) is 18.4 Å². The molecule has 1 aromatic carbocycles. The minimum absolute atomic E-state index is 0.0734. The van der Waals surface area contributed by atoms with Crippen LogP contribution in [0.4, 0.5) is 0 Å². The summed E-state index contributed by atoms with van der Waals surface area (Å²) in [6.45, 7) is 3.65. The third kappa shape index (κ3) is 2.55. The Balaban J connectivity index is 1.48. The lowest BCUT2D eigenvalue weighted by Crippen LogP contribution is -2.26. The van der Waals surface area contributed by atoms with Crippen LogP contribution in [-0.4, -0.2) is 28.4 Å². The van der Waals surface area contributed by atoms with Gasteiger partial charge in [-0.2, -0.15) is 0 Å². The third-order valence-electron chi connectivity index (χ3n) is 5.13. The van der Waals surface area contributed by atoms with Crippen molar-refractivity contribution >= 4 is 10.9 Å². The van der Waals surface area contributed by atoms with Gasteiger partial charge in [-0.05, 0) is 38.4 Å². The topological polar surface area (TPSA) is 80.6 Å². The monoisotopic (exact) mass is 353 g/mol. The number of aryl methyl sites for hydroxylation is 1. The normalized spacial score (nSPS) is 19.5. The molecule has 2 aliphatic heterocycles. The quantitative estimate of drug-likeness (QED) is 0.780. The summed E-state index contributed by atoms with van der Waals surface area (Å²) in [7, 11) is 0. The number of nitrogens with one attached hydrogen (secondary N) is 1. The van der Waals surface area contributed by atoms with E-state index in [2.05, 4.69) is 15.0 Å². The van der Waals surface area contributed by atoms with E-state index in [0.29, 0.717) is 18.0 Å². The number of ether oxygens (including phenoxy) is 2. The molecular formula is C19H19N3O4. The maximum atomic E-state index is 12.6. The molecule has 1 fully saturated rings. The van der Waals surface area contributed by atoms with E-state index in [1.165, 1.54) is 0 Å². The number of H-pyrrole nitrogens is 1. The van der Waals surface area contributed by atoms with Crippen molar-refractivity contribution in [3.05, 3.63) is 51.6 Å². The zero-order valence-corrected chi connectivity index (χ0v) is 14.4. The zero-order valence-electron chi connectivity index (χ0n) is 14.4. The van der Waals surface area contributed by atoms with Crippen LogP contribution < -0.4 is 15.0 Å². The van der Waals surface area contributed by atoms with Crippen LogP contribution in [-0.2, 0) is 6.54 Å². The molecule has 0 unspecified atom stereocenters. The van der Waals surface area contributed by atoms with Gasteiger partial charge in [0.25, 0.3) is 5.56 Å². The SMILES string of the molecule is Cc1cc([C@@H]2CCCN2Cc2cc3cc4c(cc3[nH]c2=O)OCO4)on1. The van der Waals surface area contributed by atoms with Crippen molar-refractivity contribution in [3.63, 3.8) is 0 Å². The maximum absolute atomic E-state index is 12.6. The molecule has 7 heteroatoms. The van der Waals surface area contributed by atoms with Crippen LogP contribution in [0.25, 0.3) is 10.9 Å². The highest BCUT2D eigenvalue weighted by molar-refractivity contribution is 5.83. The predicted octanol–water partition coefficient (Wildman–Crippen LogP) is 2.89. The van der Waals surface area contributed by atoms with Crippen LogP contribution in [0.2, 0.25) is 0 Å². The minimum atomic E-state index is -0.0734. The summed E-state index contributed by atoms with van der Waals surface area (Å²) in [5.74, 6) is 2.26. The minimum Gasteiger partial charge on any atom is -0.454 e. The Hall–Kier alpha value is -2.80. The average Bonchev–Trinajstić information content (AvgIpc) is 3.34. The van der Waals surface area contributed by atoms with Crippen molar-refractivity contribution in [1.29, 1.82) is 0 Å². The van der Waals surface area contributed by atoms with E-state index in [1.54, 1.807) is 0 Å². The largest absolute Gasteiger partial charge is 0.454 e. The Morgan fingerprint density at radius 3 is 2.88 bits per heavy atom.